The molecule has 3 heterocycles. The van der Waals surface area contributed by atoms with Crippen molar-refractivity contribution in [3.8, 4) is 11.3 Å². The lowest BCUT2D eigenvalue weighted by molar-refractivity contribution is 0.0732. The topological polar surface area (TPSA) is 72.1 Å². The molecule has 0 bridgehead atoms. The minimum absolute atomic E-state index is 0.0989. The van der Waals surface area contributed by atoms with Gasteiger partial charge < -0.3 is 9.42 Å². The van der Waals surface area contributed by atoms with E-state index in [0.29, 0.717) is 53.5 Å². The zero-order valence-corrected chi connectivity index (χ0v) is 14.3. The smallest absolute Gasteiger partial charge is 0.267 e. The molecule has 0 N–H and O–H groups in total. The Hall–Kier alpha value is -2.61. The highest BCUT2D eigenvalue weighted by Gasteiger charge is 2.30. The predicted molar refractivity (Wildman–Crippen MR) is 89.6 cm³/mol. The van der Waals surface area contributed by atoms with Crippen LogP contribution in [0.3, 0.4) is 0 Å². The van der Waals surface area contributed by atoms with Gasteiger partial charge in [0.2, 0.25) is 0 Å². The highest BCUT2D eigenvalue weighted by molar-refractivity contribution is 7.08. The van der Waals surface area contributed by atoms with Gasteiger partial charge in [-0.3, -0.25) is 4.79 Å². The monoisotopic (exact) mass is 358 g/mol. The van der Waals surface area contributed by atoms with Crippen LogP contribution in [0.15, 0.2) is 28.8 Å². The first-order chi connectivity index (χ1) is 12.2. The fourth-order valence-electron chi connectivity index (χ4n) is 2.99. The van der Waals surface area contributed by atoms with Crippen LogP contribution in [0.4, 0.5) is 4.39 Å². The summed E-state index contributed by atoms with van der Waals surface area (Å²) in [4.78, 5) is 15.1. The van der Waals surface area contributed by atoms with Crippen LogP contribution in [0.5, 0.6) is 0 Å². The van der Waals surface area contributed by atoms with Gasteiger partial charge >= 0.3 is 0 Å². The van der Waals surface area contributed by atoms with Crippen molar-refractivity contribution >= 4 is 17.4 Å². The van der Waals surface area contributed by atoms with Crippen LogP contribution in [0.2, 0.25) is 0 Å². The molecule has 1 aliphatic rings. The molecular formula is C17H15FN4O2S. The second-order valence-electron chi connectivity index (χ2n) is 5.79. The van der Waals surface area contributed by atoms with Gasteiger partial charge in [-0.1, -0.05) is 28.7 Å². The first-order valence-corrected chi connectivity index (χ1v) is 8.79. The Balaban J connectivity index is 1.66. The molecule has 3 aromatic rings. The molecule has 2 aromatic heterocycles. The molecule has 8 heteroatoms. The Morgan fingerprint density at radius 3 is 3.04 bits per heavy atom. The lowest BCUT2D eigenvalue weighted by Crippen LogP contribution is -2.35. The van der Waals surface area contributed by atoms with Gasteiger partial charge in [-0.15, -0.1) is 5.10 Å². The Labute approximate surface area is 147 Å². The number of amides is 1. The summed E-state index contributed by atoms with van der Waals surface area (Å²) in [7, 11) is 0. The maximum absolute atomic E-state index is 14.1. The fourth-order valence-corrected chi connectivity index (χ4v) is 3.71. The van der Waals surface area contributed by atoms with Crippen LogP contribution in [-0.4, -0.2) is 32.1 Å². The number of aromatic nitrogens is 3. The largest absolute Gasteiger partial charge is 0.360 e. The number of hydrogen-bond donors (Lipinski definition) is 0. The summed E-state index contributed by atoms with van der Waals surface area (Å²) in [6.45, 7) is 2.80. The van der Waals surface area contributed by atoms with Gasteiger partial charge in [0.05, 0.1) is 12.2 Å². The van der Waals surface area contributed by atoms with Crippen LogP contribution in [-0.2, 0) is 19.4 Å². The zero-order chi connectivity index (χ0) is 17.4. The van der Waals surface area contributed by atoms with E-state index in [1.54, 1.807) is 23.1 Å². The van der Waals surface area contributed by atoms with Gasteiger partial charge in [-0.25, -0.2) is 4.39 Å². The zero-order valence-electron chi connectivity index (χ0n) is 13.5. The molecule has 6 nitrogen and oxygen atoms in total. The number of hydrogen-bond acceptors (Lipinski definition) is 6. The first kappa shape index (κ1) is 15.9. The third-order valence-corrected chi connectivity index (χ3v) is 5.08. The molecule has 0 saturated carbocycles. The summed E-state index contributed by atoms with van der Waals surface area (Å²) in [6.07, 6.45) is 1.21. The average Bonchev–Trinajstić information content (AvgIpc) is 3.27. The van der Waals surface area contributed by atoms with Crippen LogP contribution in [0.1, 0.15) is 33.6 Å². The number of aryl methyl sites for hydroxylation is 1. The van der Waals surface area contributed by atoms with Crippen molar-refractivity contribution < 1.29 is 13.7 Å². The summed E-state index contributed by atoms with van der Waals surface area (Å²) in [6, 6.07) is 6.43. The third-order valence-electron chi connectivity index (χ3n) is 4.33. The quantitative estimate of drug-likeness (QED) is 0.719. The number of benzene rings is 1. The van der Waals surface area contributed by atoms with Crippen molar-refractivity contribution in [1.29, 1.82) is 0 Å². The van der Waals surface area contributed by atoms with Crippen molar-refractivity contribution in [2.75, 3.05) is 6.54 Å². The molecule has 0 saturated heterocycles. The van der Waals surface area contributed by atoms with Crippen molar-refractivity contribution in [3.63, 3.8) is 0 Å². The van der Waals surface area contributed by atoms with E-state index in [0.717, 1.165) is 17.1 Å². The van der Waals surface area contributed by atoms with Gasteiger partial charge in [-0.05, 0) is 30.1 Å². The minimum Gasteiger partial charge on any atom is -0.360 e. The van der Waals surface area contributed by atoms with E-state index in [2.05, 4.69) is 14.7 Å². The number of carbonyl (C=O) groups excluding carboxylic acids is 1. The lowest BCUT2D eigenvalue weighted by atomic mass is 10.0. The molecule has 0 radical (unpaired) electrons. The molecule has 0 fully saturated rings. The second kappa shape index (κ2) is 6.36. The van der Waals surface area contributed by atoms with E-state index in [9.17, 15) is 9.18 Å². The van der Waals surface area contributed by atoms with E-state index >= 15 is 0 Å². The normalized spacial score (nSPS) is 13.8. The second-order valence-corrected chi connectivity index (χ2v) is 6.55. The van der Waals surface area contributed by atoms with Crippen LogP contribution < -0.4 is 0 Å². The van der Waals surface area contributed by atoms with E-state index in [-0.39, 0.29) is 11.7 Å². The van der Waals surface area contributed by atoms with Crippen molar-refractivity contribution in [2.24, 2.45) is 0 Å². The predicted octanol–water partition coefficient (Wildman–Crippen LogP) is 3.09. The van der Waals surface area contributed by atoms with E-state index in [4.69, 9.17) is 4.52 Å². The Morgan fingerprint density at radius 2 is 2.24 bits per heavy atom. The molecule has 1 aliphatic heterocycles. The summed E-state index contributed by atoms with van der Waals surface area (Å²) < 4.78 is 23.4. The fraction of sp³-hybridized carbons (Fsp3) is 0.294. The molecule has 0 unspecified atom stereocenters. The minimum atomic E-state index is -0.359. The molecule has 1 amide bonds. The number of rotatable bonds is 3. The summed E-state index contributed by atoms with van der Waals surface area (Å²) in [5.41, 5.74) is 2.32. The molecule has 1 aromatic carbocycles. The van der Waals surface area contributed by atoms with Gasteiger partial charge in [0, 0.05) is 24.1 Å². The highest BCUT2D eigenvalue weighted by atomic mass is 32.1. The highest BCUT2D eigenvalue weighted by Crippen LogP contribution is 2.32. The van der Waals surface area contributed by atoms with E-state index in [1.807, 2.05) is 6.92 Å². The van der Waals surface area contributed by atoms with Gasteiger partial charge in [0.25, 0.3) is 5.91 Å². The average molecular weight is 358 g/mol. The standard InChI is InChI=1S/C17H15FN4O2S/c1-2-13-16(25-21-19-13)17(23)22-8-7-14-11(9-22)15(20-24-14)10-5-3-4-6-12(10)18/h3-6H,2,7-9H2,1H3. The number of carbonyl (C=O) groups is 1. The summed E-state index contributed by atoms with van der Waals surface area (Å²) in [5.74, 6) is 0.251. The molecule has 0 spiro atoms. The molecular weight excluding hydrogens is 343 g/mol. The third kappa shape index (κ3) is 2.72. The summed E-state index contributed by atoms with van der Waals surface area (Å²) in [5, 5.41) is 8.05. The number of fused-ring (bicyclic) bond motifs is 1. The van der Waals surface area contributed by atoms with Crippen LogP contribution >= 0.6 is 11.5 Å². The van der Waals surface area contributed by atoms with Crippen molar-refractivity contribution in [3.05, 3.63) is 52.0 Å². The van der Waals surface area contributed by atoms with Crippen molar-refractivity contribution in [2.45, 2.75) is 26.3 Å². The molecule has 0 atom stereocenters. The van der Waals surface area contributed by atoms with E-state index < -0.39 is 0 Å². The maximum Gasteiger partial charge on any atom is 0.267 e. The number of halogens is 1. The van der Waals surface area contributed by atoms with Crippen molar-refractivity contribution in [1.82, 2.24) is 19.6 Å². The maximum atomic E-state index is 14.1. The van der Waals surface area contributed by atoms with Gasteiger partial charge in [0.15, 0.2) is 0 Å². The molecule has 128 valence electrons. The lowest BCUT2D eigenvalue weighted by Gasteiger charge is -2.25. The van der Waals surface area contributed by atoms with Gasteiger partial charge in [-0.2, -0.15) is 0 Å². The Bertz CT molecular complexity index is 936. The van der Waals surface area contributed by atoms with E-state index in [1.165, 1.54) is 6.07 Å². The van der Waals surface area contributed by atoms with Crippen LogP contribution in [0, 0.1) is 5.82 Å². The summed E-state index contributed by atoms with van der Waals surface area (Å²) >= 11 is 1.11. The van der Waals surface area contributed by atoms with Gasteiger partial charge in [0.1, 0.15) is 22.1 Å². The first-order valence-electron chi connectivity index (χ1n) is 8.01. The molecule has 25 heavy (non-hydrogen) atoms. The van der Waals surface area contributed by atoms with Crippen LogP contribution in [0.25, 0.3) is 11.3 Å². The molecule has 4 rings (SSSR count). The molecule has 0 aliphatic carbocycles. The number of nitrogens with zero attached hydrogens (tertiary/aromatic N) is 4. The SMILES string of the molecule is CCc1nnsc1C(=O)N1CCc2onc(-c3ccccc3F)c2C1. The Kier molecular flexibility index (Phi) is 4.04. The Morgan fingerprint density at radius 1 is 1.40 bits per heavy atom.